The lowest BCUT2D eigenvalue weighted by atomic mass is 10.0. The minimum absolute atomic E-state index is 0.243. The van der Waals surface area contributed by atoms with Gasteiger partial charge in [0.15, 0.2) is 0 Å². The number of benzene rings is 1. The van der Waals surface area contributed by atoms with Gasteiger partial charge in [-0.25, -0.2) is 4.39 Å². The molecule has 0 saturated heterocycles. The second kappa shape index (κ2) is 5.84. The topological polar surface area (TPSA) is 43.8 Å². The van der Waals surface area contributed by atoms with Crippen molar-refractivity contribution in [3.63, 3.8) is 0 Å². The molecule has 0 fully saturated rings. The van der Waals surface area contributed by atoms with Crippen molar-refractivity contribution in [2.75, 3.05) is 0 Å². The van der Waals surface area contributed by atoms with Gasteiger partial charge in [0, 0.05) is 29.7 Å². The molecule has 0 aliphatic heterocycles. The van der Waals surface area contributed by atoms with Crippen molar-refractivity contribution in [3.8, 4) is 0 Å². The molecular formula is C14H17BrFN3. The van der Waals surface area contributed by atoms with Gasteiger partial charge in [0.25, 0.3) is 0 Å². The van der Waals surface area contributed by atoms with E-state index in [0.717, 1.165) is 23.4 Å². The fraction of sp³-hybridized carbons (Fsp3) is 0.357. The molecule has 2 aromatic rings. The molecule has 0 bridgehead atoms. The summed E-state index contributed by atoms with van der Waals surface area (Å²) in [6.45, 7) is 2.07. The average molecular weight is 326 g/mol. The number of nitrogens with zero attached hydrogens (tertiary/aromatic N) is 2. The third kappa shape index (κ3) is 3.42. The van der Waals surface area contributed by atoms with E-state index in [1.165, 1.54) is 12.1 Å². The fourth-order valence-electron chi connectivity index (χ4n) is 2.07. The van der Waals surface area contributed by atoms with Gasteiger partial charge in [0.2, 0.25) is 0 Å². The summed E-state index contributed by atoms with van der Waals surface area (Å²) >= 11 is 3.28. The largest absolute Gasteiger partial charge is 0.324 e. The molecule has 19 heavy (non-hydrogen) atoms. The quantitative estimate of drug-likeness (QED) is 0.938. The van der Waals surface area contributed by atoms with Crippen molar-refractivity contribution in [2.45, 2.75) is 25.8 Å². The van der Waals surface area contributed by atoms with Gasteiger partial charge < -0.3 is 5.73 Å². The Labute approximate surface area is 120 Å². The van der Waals surface area contributed by atoms with E-state index in [4.69, 9.17) is 5.73 Å². The number of hydrogen-bond donors (Lipinski definition) is 1. The molecule has 0 amide bonds. The second-order valence-electron chi connectivity index (χ2n) is 4.62. The molecule has 1 atom stereocenters. The summed E-state index contributed by atoms with van der Waals surface area (Å²) < 4.78 is 15.9. The van der Waals surface area contributed by atoms with Crippen LogP contribution in [-0.2, 0) is 19.9 Å². The normalized spacial score (nSPS) is 12.7. The number of nitrogens with two attached hydrogens (primary N) is 1. The van der Waals surface area contributed by atoms with E-state index in [9.17, 15) is 4.39 Å². The predicted molar refractivity (Wildman–Crippen MR) is 77.3 cm³/mol. The molecule has 1 aromatic heterocycles. The van der Waals surface area contributed by atoms with E-state index in [1.807, 2.05) is 23.9 Å². The first kappa shape index (κ1) is 14.2. The summed E-state index contributed by atoms with van der Waals surface area (Å²) in [5.74, 6) is -0.279. The highest BCUT2D eigenvalue weighted by atomic mass is 79.9. The van der Waals surface area contributed by atoms with Crippen LogP contribution < -0.4 is 5.73 Å². The Morgan fingerprint density at radius 1 is 1.37 bits per heavy atom. The minimum atomic E-state index is -0.279. The van der Waals surface area contributed by atoms with E-state index in [2.05, 4.69) is 28.0 Å². The summed E-state index contributed by atoms with van der Waals surface area (Å²) in [4.78, 5) is 0. The third-order valence-electron chi connectivity index (χ3n) is 3.13. The first-order valence-electron chi connectivity index (χ1n) is 6.23. The van der Waals surface area contributed by atoms with Gasteiger partial charge >= 0.3 is 0 Å². The Hall–Kier alpha value is -1.20. The maximum atomic E-state index is 13.4. The van der Waals surface area contributed by atoms with Crippen molar-refractivity contribution in [2.24, 2.45) is 12.8 Å². The zero-order chi connectivity index (χ0) is 14.0. The van der Waals surface area contributed by atoms with Gasteiger partial charge in [-0.2, -0.15) is 5.10 Å². The summed E-state index contributed by atoms with van der Waals surface area (Å²) in [6.07, 6.45) is 1.54. The molecular weight excluding hydrogens is 309 g/mol. The lowest BCUT2D eigenvalue weighted by molar-refractivity contribution is 0.609. The highest BCUT2D eigenvalue weighted by Crippen LogP contribution is 2.22. The Morgan fingerprint density at radius 3 is 2.68 bits per heavy atom. The van der Waals surface area contributed by atoms with E-state index in [0.29, 0.717) is 10.9 Å². The number of halogens is 2. The lowest BCUT2D eigenvalue weighted by Crippen LogP contribution is -2.15. The first-order chi connectivity index (χ1) is 8.99. The van der Waals surface area contributed by atoms with Gasteiger partial charge in [-0.1, -0.05) is 22.9 Å². The van der Waals surface area contributed by atoms with Crippen molar-refractivity contribution in [1.82, 2.24) is 9.78 Å². The molecule has 0 aliphatic carbocycles. The van der Waals surface area contributed by atoms with Crippen LogP contribution in [0.1, 0.15) is 29.9 Å². The standard InChI is InChI=1S/C14H17BrFN3/c1-3-12-7-13(19(2)18-12)8-14(17)9-4-10(15)6-11(16)5-9/h4-7,14H,3,8,17H2,1-2H3. The van der Waals surface area contributed by atoms with E-state index in [-0.39, 0.29) is 11.9 Å². The van der Waals surface area contributed by atoms with Crippen molar-refractivity contribution in [1.29, 1.82) is 0 Å². The van der Waals surface area contributed by atoms with Crippen LogP contribution in [0, 0.1) is 5.82 Å². The van der Waals surface area contributed by atoms with Crippen molar-refractivity contribution < 1.29 is 4.39 Å². The zero-order valence-electron chi connectivity index (χ0n) is 11.0. The Bertz CT molecular complexity index is 560. The monoisotopic (exact) mass is 325 g/mol. The second-order valence-corrected chi connectivity index (χ2v) is 5.53. The van der Waals surface area contributed by atoms with Crippen LogP contribution in [0.2, 0.25) is 0 Å². The molecule has 102 valence electrons. The minimum Gasteiger partial charge on any atom is -0.324 e. The molecule has 2 rings (SSSR count). The highest BCUT2D eigenvalue weighted by molar-refractivity contribution is 9.10. The summed E-state index contributed by atoms with van der Waals surface area (Å²) in [7, 11) is 1.91. The molecule has 0 aliphatic rings. The van der Waals surface area contributed by atoms with Crippen LogP contribution in [0.25, 0.3) is 0 Å². The maximum absolute atomic E-state index is 13.4. The Morgan fingerprint density at radius 2 is 2.11 bits per heavy atom. The van der Waals surface area contributed by atoms with E-state index < -0.39 is 0 Å². The Balaban J connectivity index is 2.20. The molecule has 1 unspecified atom stereocenters. The average Bonchev–Trinajstić information content (AvgIpc) is 2.69. The molecule has 5 heteroatoms. The van der Waals surface area contributed by atoms with Crippen LogP contribution >= 0.6 is 15.9 Å². The van der Waals surface area contributed by atoms with Crippen LogP contribution in [0.3, 0.4) is 0 Å². The number of hydrogen-bond acceptors (Lipinski definition) is 2. The van der Waals surface area contributed by atoms with Crippen LogP contribution in [-0.4, -0.2) is 9.78 Å². The van der Waals surface area contributed by atoms with E-state index in [1.54, 1.807) is 0 Å². The smallest absolute Gasteiger partial charge is 0.124 e. The maximum Gasteiger partial charge on any atom is 0.124 e. The first-order valence-corrected chi connectivity index (χ1v) is 7.02. The van der Waals surface area contributed by atoms with E-state index >= 15 is 0 Å². The fourth-order valence-corrected chi connectivity index (χ4v) is 2.55. The van der Waals surface area contributed by atoms with Gasteiger partial charge in [0.1, 0.15) is 5.82 Å². The number of aromatic nitrogens is 2. The molecule has 1 aromatic carbocycles. The summed E-state index contributed by atoms with van der Waals surface area (Å²) in [5, 5.41) is 4.39. The van der Waals surface area contributed by atoms with Crippen molar-refractivity contribution in [3.05, 3.63) is 51.5 Å². The number of aryl methyl sites for hydroxylation is 2. The van der Waals surface area contributed by atoms with Gasteiger partial charge in [-0.05, 0) is 36.2 Å². The lowest BCUT2D eigenvalue weighted by Gasteiger charge is -2.12. The number of rotatable bonds is 4. The molecule has 0 radical (unpaired) electrons. The molecule has 3 nitrogen and oxygen atoms in total. The summed E-state index contributed by atoms with van der Waals surface area (Å²) in [5.41, 5.74) is 9.05. The third-order valence-corrected chi connectivity index (χ3v) is 3.59. The van der Waals surface area contributed by atoms with Crippen LogP contribution in [0.15, 0.2) is 28.7 Å². The summed E-state index contributed by atoms with van der Waals surface area (Å²) in [6, 6.07) is 6.56. The molecule has 2 N–H and O–H groups in total. The predicted octanol–water partition coefficient (Wildman–Crippen LogP) is 3.13. The zero-order valence-corrected chi connectivity index (χ0v) is 12.6. The van der Waals surface area contributed by atoms with Gasteiger partial charge in [-0.15, -0.1) is 0 Å². The molecule has 0 spiro atoms. The SMILES string of the molecule is CCc1cc(CC(N)c2cc(F)cc(Br)c2)n(C)n1. The van der Waals surface area contributed by atoms with Gasteiger partial charge in [-0.3, -0.25) is 4.68 Å². The van der Waals surface area contributed by atoms with Gasteiger partial charge in [0.05, 0.1) is 5.69 Å². The van der Waals surface area contributed by atoms with Crippen LogP contribution in [0.4, 0.5) is 4.39 Å². The molecule has 1 heterocycles. The van der Waals surface area contributed by atoms with Crippen LogP contribution in [0.5, 0.6) is 0 Å². The Kier molecular flexibility index (Phi) is 4.37. The molecule has 0 saturated carbocycles. The highest BCUT2D eigenvalue weighted by Gasteiger charge is 2.12. The van der Waals surface area contributed by atoms with Crippen molar-refractivity contribution >= 4 is 15.9 Å².